The molecule has 0 saturated heterocycles. The van der Waals surface area contributed by atoms with E-state index in [4.69, 9.17) is 24.7 Å². The van der Waals surface area contributed by atoms with Crippen LogP contribution in [-0.2, 0) is 9.13 Å². The summed E-state index contributed by atoms with van der Waals surface area (Å²) in [6, 6.07) is 4.53. The third-order valence-electron chi connectivity index (χ3n) is 2.06. The van der Waals surface area contributed by atoms with Crippen molar-refractivity contribution in [2.75, 3.05) is 5.32 Å². The normalized spacial score (nSPS) is 12.5. The van der Waals surface area contributed by atoms with Crippen molar-refractivity contribution in [3.05, 3.63) is 29.8 Å². The van der Waals surface area contributed by atoms with Crippen LogP contribution in [0.2, 0.25) is 0 Å². The number of carboxylic acids is 1. The van der Waals surface area contributed by atoms with E-state index < -0.39 is 26.7 Å². The number of hydrogen-bond acceptors (Lipinski definition) is 4. The quantitative estimate of drug-likeness (QED) is 0.423. The Morgan fingerprint density at radius 3 is 1.74 bits per heavy atom. The summed E-state index contributed by atoms with van der Waals surface area (Å²) >= 11 is 0. The number of aromatic carboxylic acids is 1. The fraction of sp³-hybridized carbons (Fsp3) is 0.125. The van der Waals surface area contributed by atoms with Gasteiger partial charge in [-0.15, -0.1) is 0 Å². The minimum Gasteiger partial charge on any atom is -0.478 e. The molecule has 0 aromatic heterocycles. The van der Waals surface area contributed by atoms with Gasteiger partial charge in [0, 0.05) is 5.69 Å². The summed E-state index contributed by atoms with van der Waals surface area (Å²) in [5.41, 5.74) is -2.48. The topological polar surface area (TPSA) is 164 Å². The van der Waals surface area contributed by atoms with Crippen LogP contribution in [0.1, 0.15) is 10.4 Å². The van der Waals surface area contributed by atoms with Gasteiger partial charge < -0.3 is 30.0 Å². The molecule has 106 valence electrons. The van der Waals surface area contributed by atoms with Gasteiger partial charge in [-0.25, -0.2) is 4.79 Å². The van der Waals surface area contributed by atoms with E-state index in [1.807, 2.05) is 5.32 Å². The summed E-state index contributed by atoms with van der Waals surface area (Å²) in [5.74, 6) is -1.20. The Labute approximate surface area is 107 Å². The standard InChI is InChI=1S/C8H11NO8P2/c10-7(11)5-1-3-6(4-2-5)9-8(18(12,13)14)19(15,16)17/h1-4,8-9H,(H,10,11)(H2,12,13,14)(H2,15,16,17). The molecule has 1 aromatic rings. The molecule has 0 aliphatic rings. The van der Waals surface area contributed by atoms with Gasteiger partial charge in [0.15, 0.2) is 0 Å². The summed E-state index contributed by atoms with van der Waals surface area (Å²) in [5, 5.41) is 10.7. The van der Waals surface area contributed by atoms with Gasteiger partial charge in [-0.3, -0.25) is 9.13 Å². The van der Waals surface area contributed by atoms with Crippen molar-refractivity contribution in [1.29, 1.82) is 0 Å². The first-order valence-electron chi connectivity index (χ1n) is 4.72. The van der Waals surface area contributed by atoms with Crippen LogP contribution in [0.25, 0.3) is 0 Å². The highest BCUT2D eigenvalue weighted by atomic mass is 31.2. The van der Waals surface area contributed by atoms with Crippen LogP contribution in [0.5, 0.6) is 0 Å². The van der Waals surface area contributed by atoms with Crippen molar-refractivity contribution in [2.45, 2.75) is 5.52 Å². The number of anilines is 1. The number of carbonyl (C=O) groups is 1. The molecule has 0 amide bonds. The van der Waals surface area contributed by atoms with Crippen molar-refractivity contribution < 1.29 is 38.6 Å². The van der Waals surface area contributed by atoms with Crippen LogP contribution in [0, 0.1) is 0 Å². The average molecular weight is 311 g/mol. The average Bonchev–Trinajstić information content (AvgIpc) is 2.23. The molecule has 0 fully saturated rings. The van der Waals surface area contributed by atoms with Gasteiger partial charge in [-0.2, -0.15) is 0 Å². The largest absolute Gasteiger partial charge is 0.478 e. The van der Waals surface area contributed by atoms with Gasteiger partial charge >= 0.3 is 21.2 Å². The Kier molecular flexibility index (Phi) is 4.52. The molecule has 11 heteroatoms. The Balaban J connectivity index is 3.02. The first kappa shape index (κ1) is 15.8. The second-order valence-corrected chi connectivity index (χ2v) is 7.38. The molecule has 9 nitrogen and oxygen atoms in total. The van der Waals surface area contributed by atoms with Gasteiger partial charge in [-0.1, -0.05) is 0 Å². The van der Waals surface area contributed by atoms with Crippen LogP contribution in [0.3, 0.4) is 0 Å². The second-order valence-electron chi connectivity index (χ2n) is 3.58. The molecule has 0 saturated carbocycles. The fourth-order valence-corrected chi connectivity index (χ4v) is 3.42. The van der Waals surface area contributed by atoms with E-state index in [0.29, 0.717) is 0 Å². The molecule has 0 spiro atoms. The number of carboxylic acid groups (broad SMARTS) is 1. The molecule has 0 radical (unpaired) electrons. The van der Waals surface area contributed by atoms with Crippen molar-refractivity contribution in [2.24, 2.45) is 0 Å². The molecule has 0 bridgehead atoms. The van der Waals surface area contributed by atoms with Gasteiger partial charge in [-0.05, 0) is 24.3 Å². The zero-order chi connectivity index (χ0) is 14.8. The van der Waals surface area contributed by atoms with Gasteiger partial charge in [0.25, 0.3) is 0 Å². The van der Waals surface area contributed by atoms with E-state index in [9.17, 15) is 13.9 Å². The summed E-state index contributed by atoms with van der Waals surface area (Å²) in [4.78, 5) is 46.1. The van der Waals surface area contributed by atoms with Crippen molar-refractivity contribution in [3.8, 4) is 0 Å². The Bertz CT molecular complexity index is 537. The van der Waals surface area contributed by atoms with E-state index in [1.165, 1.54) is 0 Å². The molecule has 0 atom stereocenters. The molecule has 0 aliphatic carbocycles. The maximum Gasteiger partial charge on any atom is 0.360 e. The third kappa shape index (κ3) is 4.43. The van der Waals surface area contributed by atoms with E-state index in [-0.39, 0.29) is 11.3 Å². The maximum absolute atomic E-state index is 11.0. The first-order valence-corrected chi connectivity index (χ1v) is 8.08. The first-order chi connectivity index (χ1) is 8.51. The highest BCUT2D eigenvalue weighted by Gasteiger charge is 2.43. The van der Waals surface area contributed by atoms with Crippen LogP contribution >= 0.6 is 15.2 Å². The minimum atomic E-state index is -5.08. The van der Waals surface area contributed by atoms with Gasteiger partial charge in [0.2, 0.25) is 5.52 Å². The maximum atomic E-state index is 11.0. The van der Waals surface area contributed by atoms with Crippen molar-refractivity contribution >= 4 is 26.8 Å². The second kappa shape index (κ2) is 5.42. The number of hydrogen-bond donors (Lipinski definition) is 6. The fourth-order valence-electron chi connectivity index (χ4n) is 1.22. The van der Waals surface area contributed by atoms with Gasteiger partial charge in [0.1, 0.15) is 0 Å². The predicted octanol–water partition coefficient (Wildman–Crippen LogP) is 0.436. The molecule has 0 aliphatic heterocycles. The molecular formula is C8H11NO8P2. The molecule has 19 heavy (non-hydrogen) atoms. The van der Waals surface area contributed by atoms with E-state index >= 15 is 0 Å². The van der Waals surface area contributed by atoms with Crippen LogP contribution in [-0.4, -0.2) is 36.2 Å². The monoisotopic (exact) mass is 311 g/mol. The number of rotatable bonds is 5. The molecular weight excluding hydrogens is 300 g/mol. The van der Waals surface area contributed by atoms with Gasteiger partial charge in [0.05, 0.1) is 5.56 Å². The lowest BCUT2D eigenvalue weighted by Crippen LogP contribution is -2.19. The minimum absolute atomic E-state index is 0.0262. The molecule has 0 heterocycles. The lowest BCUT2D eigenvalue weighted by molar-refractivity contribution is 0.0697. The highest BCUT2D eigenvalue weighted by molar-refractivity contribution is 7.71. The van der Waals surface area contributed by atoms with Crippen molar-refractivity contribution in [1.82, 2.24) is 0 Å². The number of benzene rings is 1. The Hall–Kier alpha value is -1.21. The van der Waals surface area contributed by atoms with Crippen LogP contribution in [0.4, 0.5) is 5.69 Å². The zero-order valence-electron chi connectivity index (χ0n) is 9.24. The van der Waals surface area contributed by atoms with E-state index in [0.717, 1.165) is 24.3 Å². The predicted molar refractivity (Wildman–Crippen MR) is 64.9 cm³/mol. The molecule has 6 N–H and O–H groups in total. The molecule has 0 unspecified atom stereocenters. The third-order valence-corrected chi connectivity index (χ3v) is 5.40. The van der Waals surface area contributed by atoms with Crippen LogP contribution in [0.15, 0.2) is 24.3 Å². The zero-order valence-corrected chi connectivity index (χ0v) is 11.0. The number of nitrogens with one attached hydrogen (secondary N) is 1. The lowest BCUT2D eigenvalue weighted by atomic mass is 10.2. The van der Waals surface area contributed by atoms with E-state index in [2.05, 4.69) is 0 Å². The molecule has 1 rings (SSSR count). The van der Waals surface area contributed by atoms with E-state index in [1.54, 1.807) is 0 Å². The van der Waals surface area contributed by atoms with Crippen LogP contribution < -0.4 is 5.32 Å². The Morgan fingerprint density at radius 2 is 1.42 bits per heavy atom. The lowest BCUT2D eigenvalue weighted by Gasteiger charge is -2.21. The summed E-state index contributed by atoms with van der Waals surface area (Å²) in [6.07, 6.45) is 0. The smallest absolute Gasteiger partial charge is 0.360 e. The molecule has 1 aromatic carbocycles. The van der Waals surface area contributed by atoms with Crippen molar-refractivity contribution in [3.63, 3.8) is 0 Å². The Morgan fingerprint density at radius 1 is 1.00 bits per heavy atom. The SMILES string of the molecule is O=C(O)c1ccc(NC(P(=O)(O)O)P(=O)(O)O)cc1. The highest BCUT2D eigenvalue weighted by Crippen LogP contribution is 2.59. The summed E-state index contributed by atoms with van der Waals surface area (Å²) in [7, 11) is -10.2. The summed E-state index contributed by atoms with van der Waals surface area (Å²) in [6.45, 7) is 0. The summed E-state index contributed by atoms with van der Waals surface area (Å²) < 4.78 is 22.0.